The van der Waals surface area contributed by atoms with Gasteiger partial charge in [-0.15, -0.1) is 0 Å². The molecule has 2 aromatic heterocycles. The number of aromatic nitrogens is 4. The quantitative estimate of drug-likeness (QED) is 0.449. The lowest BCUT2D eigenvalue weighted by atomic mass is 10.0. The van der Waals surface area contributed by atoms with Crippen molar-refractivity contribution in [1.29, 1.82) is 0 Å². The molecule has 1 atom stereocenters. The zero-order valence-electron chi connectivity index (χ0n) is 16.1. The number of H-pyrrole nitrogens is 1. The maximum absolute atomic E-state index is 5.97. The number of nitrogens with zero attached hydrogens (tertiary/aromatic N) is 3. The summed E-state index contributed by atoms with van der Waals surface area (Å²) in [5.74, 6) is 1.54. The topological polar surface area (TPSA) is 58.5 Å². The first-order valence-electron chi connectivity index (χ1n) is 9.56. The summed E-state index contributed by atoms with van der Waals surface area (Å²) in [4.78, 5) is 8.25. The van der Waals surface area contributed by atoms with Gasteiger partial charge in [-0.1, -0.05) is 37.6 Å². The molecule has 0 aliphatic rings. The molecule has 0 saturated carbocycles. The van der Waals surface area contributed by atoms with Gasteiger partial charge in [-0.25, -0.2) is 9.67 Å². The molecule has 6 heteroatoms. The van der Waals surface area contributed by atoms with E-state index in [2.05, 4.69) is 35.3 Å². The predicted molar refractivity (Wildman–Crippen MR) is 114 cm³/mol. The molecule has 0 saturated heterocycles. The van der Waals surface area contributed by atoms with Crippen molar-refractivity contribution in [1.82, 2.24) is 25.1 Å². The largest absolute Gasteiger partial charge is 0.341 e. The van der Waals surface area contributed by atoms with Crippen LogP contribution in [0.2, 0.25) is 5.02 Å². The van der Waals surface area contributed by atoms with Crippen molar-refractivity contribution < 1.29 is 0 Å². The van der Waals surface area contributed by atoms with Gasteiger partial charge in [-0.2, -0.15) is 5.10 Å². The molecule has 5 nitrogen and oxygen atoms in total. The molecule has 4 aromatic rings. The van der Waals surface area contributed by atoms with Crippen molar-refractivity contribution in [3.63, 3.8) is 0 Å². The molecule has 0 fully saturated rings. The standard InChI is InChI=1S/C22H24ClN5/c1-15(2)11-21(22-26-19-5-3-4-6-20(19)27-22)24-12-16-13-25-28(14-16)18-9-7-17(23)8-10-18/h3-10,13-15,21,24H,11-12H2,1-2H3,(H,26,27)/t21-/m0/s1. The second-order valence-corrected chi connectivity index (χ2v) is 7.91. The third-order valence-electron chi connectivity index (χ3n) is 4.72. The van der Waals surface area contributed by atoms with Crippen LogP contribution < -0.4 is 5.32 Å². The van der Waals surface area contributed by atoms with E-state index in [-0.39, 0.29) is 6.04 Å². The average Bonchev–Trinajstić information content (AvgIpc) is 3.32. The molecule has 0 bridgehead atoms. The van der Waals surface area contributed by atoms with Crippen LogP contribution in [0.5, 0.6) is 0 Å². The second kappa shape index (κ2) is 8.17. The highest BCUT2D eigenvalue weighted by Crippen LogP contribution is 2.22. The number of aromatic amines is 1. The Balaban J connectivity index is 1.49. The molecule has 0 spiro atoms. The lowest BCUT2D eigenvalue weighted by molar-refractivity contribution is 0.415. The summed E-state index contributed by atoms with van der Waals surface area (Å²) in [6.07, 6.45) is 4.94. The van der Waals surface area contributed by atoms with Gasteiger partial charge in [0.25, 0.3) is 0 Å². The van der Waals surface area contributed by atoms with Crippen LogP contribution in [0.3, 0.4) is 0 Å². The first-order valence-corrected chi connectivity index (χ1v) is 9.94. The fourth-order valence-electron chi connectivity index (χ4n) is 3.33. The normalized spacial score (nSPS) is 12.7. The molecule has 28 heavy (non-hydrogen) atoms. The van der Waals surface area contributed by atoms with Crippen LogP contribution in [-0.4, -0.2) is 19.7 Å². The van der Waals surface area contributed by atoms with E-state index in [1.807, 2.05) is 59.5 Å². The molecule has 0 radical (unpaired) electrons. The summed E-state index contributed by atoms with van der Waals surface area (Å²) in [6, 6.07) is 16.0. The van der Waals surface area contributed by atoms with Gasteiger partial charge >= 0.3 is 0 Å². The van der Waals surface area contributed by atoms with E-state index in [0.29, 0.717) is 5.92 Å². The number of imidazole rings is 1. The Morgan fingerprint density at radius 1 is 1.11 bits per heavy atom. The van der Waals surface area contributed by atoms with Crippen LogP contribution in [0.25, 0.3) is 16.7 Å². The number of benzene rings is 2. The Hall–Kier alpha value is -2.63. The van der Waals surface area contributed by atoms with Crippen molar-refractivity contribution in [2.75, 3.05) is 0 Å². The fraction of sp³-hybridized carbons (Fsp3) is 0.273. The molecular weight excluding hydrogens is 370 g/mol. The van der Waals surface area contributed by atoms with Gasteiger partial charge < -0.3 is 10.3 Å². The van der Waals surface area contributed by atoms with Crippen LogP contribution in [0.4, 0.5) is 0 Å². The predicted octanol–water partition coefficient (Wildman–Crippen LogP) is 5.28. The smallest absolute Gasteiger partial charge is 0.124 e. The van der Waals surface area contributed by atoms with Gasteiger partial charge in [0.15, 0.2) is 0 Å². The molecule has 4 rings (SSSR count). The zero-order chi connectivity index (χ0) is 19.5. The van der Waals surface area contributed by atoms with Gasteiger partial charge in [-0.05, 0) is 48.7 Å². The first-order chi connectivity index (χ1) is 13.6. The first kappa shape index (κ1) is 18.7. The molecular formula is C22H24ClN5. The highest BCUT2D eigenvalue weighted by Gasteiger charge is 2.17. The minimum Gasteiger partial charge on any atom is -0.341 e. The highest BCUT2D eigenvalue weighted by molar-refractivity contribution is 6.30. The minimum absolute atomic E-state index is 0.159. The summed E-state index contributed by atoms with van der Waals surface area (Å²) in [6.45, 7) is 5.19. The zero-order valence-corrected chi connectivity index (χ0v) is 16.8. The second-order valence-electron chi connectivity index (χ2n) is 7.47. The van der Waals surface area contributed by atoms with E-state index in [0.717, 1.165) is 46.1 Å². The van der Waals surface area contributed by atoms with Gasteiger partial charge in [-0.3, -0.25) is 0 Å². The summed E-state index contributed by atoms with van der Waals surface area (Å²) >= 11 is 5.97. The number of rotatable bonds is 7. The van der Waals surface area contributed by atoms with Gasteiger partial charge in [0, 0.05) is 23.3 Å². The lowest BCUT2D eigenvalue weighted by Crippen LogP contribution is -2.23. The van der Waals surface area contributed by atoms with E-state index in [4.69, 9.17) is 16.6 Å². The Labute approximate surface area is 169 Å². The molecule has 2 heterocycles. The lowest BCUT2D eigenvalue weighted by Gasteiger charge is -2.18. The summed E-state index contributed by atoms with van der Waals surface area (Å²) in [5, 5.41) is 8.85. The van der Waals surface area contributed by atoms with Crippen LogP contribution in [0, 0.1) is 5.92 Å². The Morgan fingerprint density at radius 3 is 2.64 bits per heavy atom. The van der Waals surface area contributed by atoms with E-state index in [9.17, 15) is 0 Å². The van der Waals surface area contributed by atoms with Gasteiger partial charge in [0.2, 0.25) is 0 Å². The van der Waals surface area contributed by atoms with Crippen LogP contribution >= 0.6 is 11.6 Å². The highest BCUT2D eigenvalue weighted by atomic mass is 35.5. The van der Waals surface area contributed by atoms with Crippen molar-refractivity contribution >= 4 is 22.6 Å². The monoisotopic (exact) mass is 393 g/mol. The Morgan fingerprint density at radius 2 is 1.89 bits per heavy atom. The molecule has 144 valence electrons. The summed E-state index contributed by atoms with van der Waals surface area (Å²) in [7, 11) is 0. The van der Waals surface area contributed by atoms with Crippen LogP contribution in [0.15, 0.2) is 60.9 Å². The number of halogens is 1. The van der Waals surface area contributed by atoms with Crippen LogP contribution in [0.1, 0.15) is 37.7 Å². The maximum Gasteiger partial charge on any atom is 0.124 e. The van der Waals surface area contributed by atoms with E-state index in [1.165, 1.54) is 0 Å². The summed E-state index contributed by atoms with van der Waals surface area (Å²) in [5.41, 5.74) is 4.19. The van der Waals surface area contributed by atoms with Gasteiger partial charge in [0.05, 0.1) is 29.0 Å². The third kappa shape index (κ3) is 4.26. The third-order valence-corrected chi connectivity index (χ3v) is 4.98. The average molecular weight is 394 g/mol. The van der Waals surface area contributed by atoms with Crippen molar-refractivity contribution in [3.8, 4) is 5.69 Å². The molecule has 0 amide bonds. The van der Waals surface area contributed by atoms with E-state index < -0.39 is 0 Å². The molecule has 2 aromatic carbocycles. The van der Waals surface area contributed by atoms with E-state index in [1.54, 1.807) is 0 Å². The number of hydrogen-bond donors (Lipinski definition) is 2. The number of para-hydroxylation sites is 2. The minimum atomic E-state index is 0.159. The van der Waals surface area contributed by atoms with Crippen LogP contribution in [-0.2, 0) is 6.54 Å². The SMILES string of the molecule is CC(C)C[C@H](NCc1cnn(-c2ccc(Cl)cc2)c1)c1nc2ccccc2[nH]1. The van der Waals surface area contributed by atoms with Crippen molar-refractivity contribution in [3.05, 3.63) is 77.3 Å². The molecule has 0 aliphatic heterocycles. The maximum atomic E-state index is 5.97. The fourth-order valence-corrected chi connectivity index (χ4v) is 3.45. The molecule has 2 N–H and O–H groups in total. The Kier molecular flexibility index (Phi) is 5.46. The molecule has 0 aliphatic carbocycles. The van der Waals surface area contributed by atoms with Crippen molar-refractivity contribution in [2.24, 2.45) is 5.92 Å². The molecule has 0 unspecified atom stereocenters. The van der Waals surface area contributed by atoms with Crippen molar-refractivity contribution in [2.45, 2.75) is 32.9 Å². The number of hydrogen-bond acceptors (Lipinski definition) is 3. The summed E-state index contributed by atoms with van der Waals surface area (Å²) < 4.78 is 1.87. The number of fused-ring (bicyclic) bond motifs is 1. The van der Waals surface area contributed by atoms with Gasteiger partial charge in [0.1, 0.15) is 5.82 Å². The van der Waals surface area contributed by atoms with E-state index >= 15 is 0 Å². The Bertz CT molecular complexity index is 1020. The number of nitrogens with one attached hydrogen (secondary N) is 2.